The summed E-state index contributed by atoms with van der Waals surface area (Å²) < 4.78 is 0.951. The zero-order valence-corrected chi connectivity index (χ0v) is 11.5. The third-order valence-electron chi connectivity index (χ3n) is 2.84. The maximum absolute atomic E-state index is 6.28. The highest BCUT2D eigenvalue weighted by atomic mass is 79.9. The first-order valence-electron chi connectivity index (χ1n) is 5.52. The molecule has 1 atom stereocenters. The van der Waals surface area contributed by atoms with Crippen LogP contribution < -0.4 is 5.73 Å². The normalized spacial score (nSPS) is 12.5. The fraction of sp³-hybridized carbons (Fsp3) is 0.214. The minimum absolute atomic E-state index is 0.189. The summed E-state index contributed by atoms with van der Waals surface area (Å²) in [5.41, 5.74) is 10.7. The average molecular weight is 291 g/mol. The highest BCUT2D eigenvalue weighted by Crippen LogP contribution is 2.26. The van der Waals surface area contributed by atoms with E-state index in [2.05, 4.69) is 53.0 Å². The average Bonchev–Trinajstić information content (AvgIpc) is 2.29. The lowest BCUT2D eigenvalue weighted by Gasteiger charge is -2.16. The van der Waals surface area contributed by atoms with E-state index in [0.29, 0.717) is 0 Å². The largest absolute Gasteiger partial charge is 0.319 e. The summed E-state index contributed by atoms with van der Waals surface area (Å²) in [6.45, 7) is 4.16. The lowest BCUT2D eigenvalue weighted by molar-refractivity contribution is 0.814. The molecule has 0 bridgehead atoms. The van der Waals surface area contributed by atoms with Gasteiger partial charge in [-0.25, -0.2) is 0 Å². The molecule has 1 aromatic heterocycles. The fourth-order valence-electron chi connectivity index (χ4n) is 1.95. The van der Waals surface area contributed by atoms with Crippen LogP contribution in [-0.4, -0.2) is 4.98 Å². The number of pyridine rings is 1. The molecule has 0 spiro atoms. The molecule has 88 valence electrons. The van der Waals surface area contributed by atoms with Gasteiger partial charge in [-0.05, 0) is 53.0 Å². The van der Waals surface area contributed by atoms with Gasteiger partial charge in [0, 0.05) is 10.7 Å². The van der Waals surface area contributed by atoms with Gasteiger partial charge >= 0.3 is 0 Å². The second-order valence-electron chi connectivity index (χ2n) is 4.21. The Morgan fingerprint density at radius 2 is 2.00 bits per heavy atom. The first kappa shape index (κ1) is 12.3. The third kappa shape index (κ3) is 2.56. The van der Waals surface area contributed by atoms with Crippen LogP contribution in [0.4, 0.5) is 0 Å². The van der Waals surface area contributed by atoms with Gasteiger partial charge in [0.1, 0.15) is 0 Å². The minimum atomic E-state index is -0.189. The number of hydrogen-bond donors (Lipinski definition) is 1. The van der Waals surface area contributed by atoms with Gasteiger partial charge in [0.05, 0.1) is 11.7 Å². The van der Waals surface area contributed by atoms with E-state index in [1.165, 1.54) is 11.1 Å². The van der Waals surface area contributed by atoms with Gasteiger partial charge in [-0.2, -0.15) is 0 Å². The van der Waals surface area contributed by atoms with Crippen molar-refractivity contribution in [1.82, 2.24) is 4.98 Å². The van der Waals surface area contributed by atoms with E-state index in [1.807, 2.05) is 12.1 Å². The molecule has 0 aliphatic rings. The molecule has 0 saturated carbocycles. The van der Waals surface area contributed by atoms with Crippen molar-refractivity contribution < 1.29 is 0 Å². The van der Waals surface area contributed by atoms with E-state index >= 15 is 0 Å². The number of aryl methyl sites for hydroxylation is 2. The molecule has 2 aromatic rings. The van der Waals surface area contributed by atoms with Crippen molar-refractivity contribution in [3.05, 3.63) is 63.4 Å². The Hall–Kier alpha value is -1.19. The summed E-state index contributed by atoms with van der Waals surface area (Å²) >= 11 is 3.49. The molecule has 3 heteroatoms. The highest BCUT2D eigenvalue weighted by molar-refractivity contribution is 9.10. The number of nitrogens with zero attached hydrogens (tertiary/aromatic N) is 1. The van der Waals surface area contributed by atoms with Crippen LogP contribution >= 0.6 is 15.9 Å². The first-order chi connectivity index (χ1) is 8.09. The van der Waals surface area contributed by atoms with Crippen molar-refractivity contribution in [2.24, 2.45) is 5.73 Å². The van der Waals surface area contributed by atoms with Gasteiger partial charge < -0.3 is 5.73 Å². The van der Waals surface area contributed by atoms with Crippen molar-refractivity contribution in [3.63, 3.8) is 0 Å². The molecule has 0 saturated heterocycles. The minimum Gasteiger partial charge on any atom is -0.319 e. The highest BCUT2D eigenvalue weighted by Gasteiger charge is 2.15. The van der Waals surface area contributed by atoms with Crippen molar-refractivity contribution >= 4 is 15.9 Å². The van der Waals surface area contributed by atoms with Gasteiger partial charge in [-0.15, -0.1) is 0 Å². The summed E-state index contributed by atoms with van der Waals surface area (Å²) in [7, 11) is 0. The molecular weight excluding hydrogens is 276 g/mol. The molecule has 0 radical (unpaired) electrons. The van der Waals surface area contributed by atoms with Crippen LogP contribution in [0.25, 0.3) is 0 Å². The Bertz CT molecular complexity index is 537. The van der Waals surface area contributed by atoms with Crippen LogP contribution in [0.3, 0.4) is 0 Å². The number of rotatable bonds is 2. The second-order valence-corrected chi connectivity index (χ2v) is 5.06. The van der Waals surface area contributed by atoms with E-state index in [-0.39, 0.29) is 6.04 Å². The first-order valence-corrected chi connectivity index (χ1v) is 6.32. The SMILES string of the molecule is Cc1ccc(C(N)c2ncccc2Br)c(C)c1. The van der Waals surface area contributed by atoms with Crippen molar-refractivity contribution in [1.29, 1.82) is 0 Å². The maximum atomic E-state index is 6.28. The molecule has 2 nitrogen and oxygen atoms in total. The lowest BCUT2D eigenvalue weighted by Crippen LogP contribution is -2.15. The molecule has 0 fully saturated rings. The van der Waals surface area contributed by atoms with E-state index < -0.39 is 0 Å². The zero-order chi connectivity index (χ0) is 12.4. The van der Waals surface area contributed by atoms with Crippen LogP contribution in [0.1, 0.15) is 28.4 Å². The smallest absolute Gasteiger partial charge is 0.0758 e. The van der Waals surface area contributed by atoms with Crippen molar-refractivity contribution in [3.8, 4) is 0 Å². The predicted octanol–water partition coefficient (Wildman–Crippen LogP) is 3.51. The number of hydrogen-bond acceptors (Lipinski definition) is 2. The molecule has 0 aliphatic carbocycles. The molecule has 2 rings (SSSR count). The van der Waals surface area contributed by atoms with Gasteiger partial charge in [0.2, 0.25) is 0 Å². The summed E-state index contributed by atoms with van der Waals surface area (Å²) in [5, 5.41) is 0. The number of nitrogens with two attached hydrogens (primary N) is 1. The predicted molar refractivity (Wildman–Crippen MR) is 73.9 cm³/mol. The summed E-state index contributed by atoms with van der Waals surface area (Å²) in [5.74, 6) is 0. The Morgan fingerprint density at radius 1 is 1.24 bits per heavy atom. The Kier molecular flexibility index (Phi) is 3.60. The standard InChI is InChI=1S/C14H15BrN2/c1-9-5-6-11(10(2)8-9)13(16)14-12(15)4-3-7-17-14/h3-8,13H,16H2,1-2H3. The van der Waals surface area contributed by atoms with Crippen molar-refractivity contribution in [2.45, 2.75) is 19.9 Å². The molecule has 2 N–H and O–H groups in total. The Labute approximate surface area is 110 Å². The van der Waals surface area contributed by atoms with Crippen LogP contribution in [-0.2, 0) is 0 Å². The lowest BCUT2D eigenvalue weighted by atomic mass is 9.97. The zero-order valence-electron chi connectivity index (χ0n) is 9.94. The van der Waals surface area contributed by atoms with Crippen LogP contribution in [0.5, 0.6) is 0 Å². The molecule has 0 aliphatic heterocycles. The van der Waals surface area contributed by atoms with E-state index in [1.54, 1.807) is 6.20 Å². The van der Waals surface area contributed by atoms with E-state index in [4.69, 9.17) is 5.73 Å². The summed E-state index contributed by atoms with van der Waals surface area (Å²) in [6.07, 6.45) is 1.77. The maximum Gasteiger partial charge on any atom is 0.0758 e. The number of halogens is 1. The van der Waals surface area contributed by atoms with Crippen LogP contribution in [0.2, 0.25) is 0 Å². The molecule has 0 amide bonds. The van der Waals surface area contributed by atoms with Crippen molar-refractivity contribution in [2.75, 3.05) is 0 Å². The van der Waals surface area contributed by atoms with Gasteiger partial charge in [0.25, 0.3) is 0 Å². The van der Waals surface area contributed by atoms with Crippen LogP contribution in [0, 0.1) is 13.8 Å². The molecule has 1 unspecified atom stereocenters. The van der Waals surface area contributed by atoms with E-state index in [0.717, 1.165) is 15.7 Å². The van der Waals surface area contributed by atoms with Crippen LogP contribution in [0.15, 0.2) is 41.0 Å². The summed E-state index contributed by atoms with van der Waals surface area (Å²) in [6, 6.07) is 9.97. The Balaban J connectivity index is 2.44. The summed E-state index contributed by atoms with van der Waals surface area (Å²) in [4.78, 5) is 4.35. The monoisotopic (exact) mass is 290 g/mol. The number of aromatic nitrogens is 1. The molecule has 1 heterocycles. The molecule has 1 aromatic carbocycles. The topological polar surface area (TPSA) is 38.9 Å². The second kappa shape index (κ2) is 4.98. The molecule has 17 heavy (non-hydrogen) atoms. The quantitative estimate of drug-likeness (QED) is 0.919. The van der Waals surface area contributed by atoms with Gasteiger partial charge in [-0.1, -0.05) is 23.8 Å². The number of benzene rings is 1. The Morgan fingerprint density at radius 3 is 2.65 bits per heavy atom. The van der Waals surface area contributed by atoms with Gasteiger partial charge in [0.15, 0.2) is 0 Å². The van der Waals surface area contributed by atoms with Gasteiger partial charge in [-0.3, -0.25) is 4.98 Å². The molecular formula is C14H15BrN2. The third-order valence-corrected chi connectivity index (χ3v) is 3.51. The van der Waals surface area contributed by atoms with E-state index in [9.17, 15) is 0 Å². The fourth-order valence-corrected chi connectivity index (χ4v) is 2.45.